The van der Waals surface area contributed by atoms with E-state index in [0.29, 0.717) is 32.0 Å². The van der Waals surface area contributed by atoms with Crippen molar-refractivity contribution in [3.8, 4) is 0 Å². The molecule has 1 rings (SSSR count). The van der Waals surface area contributed by atoms with Gasteiger partial charge < -0.3 is 14.4 Å². The third-order valence-electron chi connectivity index (χ3n) is 10.7. The smallest absolute Gasteiger partial charge is 0.306 e. The number of rotatable bonds is 34. The number of nitrogens with zero attached hydrogens (tertiary/aromatic N) is 1. The van der Waals surface area contributed by atoms with E-state index in [2.05, 4.69) is 49.4 Å². The lowest BCUT2D eigenvalue weighted by atomic mass is 9.91. The molecule has 0 aliphatic carbocycles. The van der Waals surface area contributed by atoms with E-state index >= 15 is 0 Å². The number of hydrogen-bond donors (Lipinski definition) is 0. The zero-order valence-corrected chi connectivity index (χ0v) is 33.9. The van der Waals surface area contributed by atoms with Gasteiger partial charge in [-0.2, -0.15) is 0 Å². The zero-order valence-electron chi connectivity index (χ0n) is 33.9. The van der Waals surface area contributed by atoms with Crippen LogP contribution in [0.3, 0.4) is 0 Å². The number of likely N-dealkylation sites (tertiary alicyclic amines) is 1. The van der Waals surface area contributed by atoms with Crippen molar-refractivity contribution >= 4 is 11.9 Å². The number of hydrogen-bond acceptors (Lipinski definition) is 5. The highest BCUT2D eigenvalue weighted by molar-refractivity contribution is 5.70. The summed E-state index contributed by atoms with van der Waals surface area (Å²) in [5.41, 5.74) is 8.30. The lowest BCUT2D eigenvalue weighted by Crippen LogP contribution is -2.31. The molecule has 0 N–H and O–H groups in total. The minimum Gasteiger partial charge on any atom is -0.466 e. The standard InChI is InChI=1S/C46H81NO4/c1-5-8-20-29-42(4)40-45(48)50-38-27-17-13-11-15-23-30-43(34-37-47-35-25-19-26-36-47)31-24-16-12-14-18-28-39-51-46(49)41-44(32-21-9-6-2)33-22-10-7-3/h32,42-44H,2,5,7-8,10-20,22-31,33-41H2,1,3-4H3. The molecule has 1 aliphatic heterocycles. The van der Waals surface area contributed by atoms with Crippen LogP contribution in [0.2, 0.25) is 0 Å². The number of piperidine rings is 1. The van der Waals surface area contributed by atoms with Gasteiger partial charge in [0.15, 0.2) is 0 Å². The van der Waals surface area contributed by atoms with Crippen LogP contribution in [0, 0.1) is 17.8 Å². The summed E-state index contributed by atoms with van der Waals surface area (Å²) in [5, 5.41) is 0. The van der Waals surface area contributed by atoms with Crippen LogP contribution in [-0.4, -0.2) is 49.7 Å². The number of ether oxygens (including phenoxy) is 2. The molecule has 1 heterocycles. The van der Waals surface area contributed by atoms with E-state index in [1.165, 1.54) is 148 Å². The van der Waals surface area contributed by atoms with Crippen molar-refractivity contribution in [3.05, 3.63) is 29.8 Å². The Morgan fingerprint density at radius 1 is 0.647 bits per heavy atom. The maximum absolute atomic E-state index is 12.4. The summed E-state index contributed by atoms with van der Waals surface area (Å²) < 4.78 is 11.1. The van der Waals surface area contributed by atoms with Crippen LogP contribution in [0.15, 0.2) is 29.8 Å². The highest BCUT2D eigenvalue weighted by Crippen LogP contribution is 2.24. The first-order chi connectivity index (χ1) is 25.0. The minimum absolute atomic E-state index is 0.00478. The van der Waals surface area contributed by atoms with Crippen LogP contribution in [0.5, 0.6) is 0 Å². The van der Waals surface area contributed by atoms with Crippen LogP contribution in [0.4, 0.5) is 0 Å². The van der Waals surface area contributed by atoms with Gasteiger partial charge in [-0.1, -0.05) is 161 Å². The predicted octanol–water partition coefficient (Wildman–Crippen LogP) is 12.9. The second-order valence-electron chi connectivity index (χ2n) is 15.7. The average Bonchev–Trinajstić information content (AvgIpc) is 3.12. The summed E-state index contributed by atoms with van der Waals surface area (Å²) >= 11 is 0. The van der Waals surface area contributed by atoms with Crippen LogP contribution < -0.4 is 0 Å². The van der Waals surface area contributed by atoms with Gasteiger partial charge in [0.25, 0.3) is 0 Å². The molecule has 0 amide bonds. The topological polar surface area (TPSA) is 55.8 Å². The molecule has 1 fully saturated rings. The molecule has 0 aromatic heterocycles. The summed E-state index contributed by atoms with van der Waals surface area (Å²) in [6, 6.07) is 0. The van der Waals surface area contributed by atoms with Gasteiger partial charge in [-0.3, -0.25) is 9.59 Å². The number of carbonyl (C=O) groups excluding carboxylic acids is 2. The van der Waals surface area contributed by atoms with E-state index < -0.39 is 0 Å². The summed E-state index contributed by atoms with van der Waals surface area (Å²) in [4.78, 5) is 27.2. The largest absolute Gasteiger partial charge is 0.466 e. The van der Waals surface area contributed by atoms with E-state index in [-0.39, 0.29) is 17.9 Å². The van der Waals surface area contributed by atoms with Gasteiger partial charge in [0, 0.05) is 6.42 Å². The molecule has 1 aliphatic rings. The number of allylic oxidation sites excluding steroid dienone is 1. The van der Waals surface area contributed by atoms with Gasteiger partial charge in [-0.25, -0.2) is 0 Å². The molecule has 1 saturated heterocycles. The van der Waals surface area contributed by atoms with Crippen molar-refractivity contribution in [3.63, 3.8) is 0 Å². The second kappa shape index (κ2) is 35.0. The minimum atomic E-state index is -0.0937. The van der Waals surface area contributed by atoms with Crippen molar-refractivity contribution in [1.82, 2.24) is 4.90 Å². The fourth-order valence-corrected chi connectivity index (χ4v) is 7.41. The number of unbranched alkanes of at least 4 members (excludes halogenated alkanes) is 14. The predicted molar refractivity (Wildman–Crippen MR) is 216 cm³/mol. The van der Waals surface area contributed by atoms with Crippen LogP contribution in [0.25, 0.3) is 0 Å². The molecule has 3 atom stereocenters. The molecular formula is C46H81NO4. The Morgan fingerprint density at radius 3 is 1.73 bits per heavy atom. The van der Waals surface area contributed by atoms with Crippen molar-refractivity contribution in [1.29, 1.82) is 0 Å². The third-order valence-corrected chi connectivity index (χ3v) is 10.7. The fraction of sp³-hybridized carbons (Fsp3) is 0.848. The molecule has 0 saturated carbocycles. The van der Waals surface area contributed by atoms with Crippen LogP contribution >= 0.6 is 0 Å². The second-order valence-corrected chi connectivity index (χ2v) is 15.7. The van der Waals surface area contributed by atoms with Gasteiger partial charge >= 0.3 is 11.9 Å². The average molecular weight is 712 g/mol. The Hall–Kier alpha value is -2.02. The first kappa shape index (κ1) is 47.0. The Morgan fingerprint density at radius 2 is 1.16 bits per heavy atom. The van der Waals surface area contributed by atoms with Gasteiger partial charge in [0.2, 0.25) is 0 Å². The SMILES string of the molecule is C=C=C=C=CC(CCCCC)CC(=O)OCCCCCCCCC(CCCCCCCCOC(=O)CC(C)CCCCC)CCN1CCCCC1. The third kappa shape index (κ3) is 30.2. The Labute approximate surface area is 316 Å². The number of esters is 2. The quantitative estimate of drug-likeness (QED) is 0.0378. The first-order valence-corrected chi connectivity index (χ1v) is 21.9. The molecule has 0 bridgehead atoms. The fourth-order valence-electron chi connectivity index (χ4n) is 7.41. The van der Waals surface area contributed by atoms with E-state index in [4.69, 9.17) is 9.47 Å². The van der Waals surface area contributed by atoms with E-state index in [0.717, 1.165) is 44.4 Å². The van der Waals surface area contributed by atoms with Gasteiger partial charge in [0.1, 0.15) is 0 Å². The molecule has 51 heavy (non-hydrogen) atoms. The molecule has 294 valence electrons. The highest BCUT2D eigenvalue weighted by Gasteiger charge is 2.15. The van der Waals surface area contributed by atoms with E-state index in [1.54, 1.807) is 0 Å². The lowest BCUT2D eigenvalue weighted by molar-refractivity contribution is -0.145. The zero-order chi connectivity index (χ0) is 37.0. The molecule has 0 radical (unpaired) electrons. The lowest BCUT2D eigenvalue weighted by Gasteiger charge is -2.28. The molecule has 0 spiro atoms. The van der Waals surface area contributed by atoms with Crippen molar-refractivity contribution in [2.24, 2.45) is 17.8 Å². The Balaban J connectivity index is 2.19. The summed E-state index contributed by atoms with van der Waals surface area (Å²) in [6.45, 7) is 15.1. The summed E-state index contributed by atoms with van der Waals surface area (Å²) in [7, 11) is 0. The Bertz CT molecular complexity index is 952. The molecule has 5 nitrogen and oxygen atoms in total. The first-order valence-electron chi connectivity index (χ1n) is 21.9. The van der Waals surface area contributed by atoms with Crippen LogP contribution in [0.1, 0.15) is 201 Å². The molecular weight excluding hydrogens is 631 g/mol. The molecule has 0 aromatic carbocycles. The maximum Gasteiger partial charge on any atom is 0.306 e. The van der Waals surface area contributed by atoms with E-state index in [9.17, 15) is 9.59 Å². The monoisotopic (exact) mass is 712 g/mol. The van der Waals surface area contributed by atoms with Crippen molar-refractivity contribution in [2.45, 2.75) is 201 Å². The molecule has 0 aromatic rings. The summed E-state index contributed by atoms with van der Waals surface area (Å²) in [5.74, 6) is 1.36. The van der Waals surface area contributed by atoms with Gasteiger partial charge in [-0.05, 0) is 94.3 Å². The van der Waals surface area contributed by atoms with Gasteiger partial charge in [0.05, 0.1) is 19.6 Å². The normalized spacial score (nSPS) is 14.9. The number of carbonyl (C=O) groups is 2. The molecule has 5 heteroatoms. The van der Waals surface area contributed by atoms with Crippen molar-refractivity contribution < 1.29 is 19.1 Å². The van der Waals surface area contributed by atoms with Gasteiger partial charge in [-0.15, -0.1) is 0 Å². The van der Waals surface area contributed by atoms with Crippen LogP contribution in [-0.2, 0) is 19.1 Å². The maximum atomic E-state index is 12.4. The van der Waals surface area contributed by atoms with Crippen molar-refractivity contribution in [2.75, 3.05) is 32.8 Å². The summed E-state index contributed by atoms with van der Waals surface area (Å²) in [6.07, 6.45) is 35.2. The Kier molecular flexibility index (Phi) is 32.3. The highest BCUT2D eigenvalue weighted by atomic mass is 16.5. The molecule has 3 unspecified atom stereocenters. The van der Waals surface area contributed by atoms with E-state index in [1.807, 2.05) is 6.08 Å².